The van der Waals surface area contributed by atoms with Gasteiger partial charge in [-0.15, -0.1) is 0 Å². The van der Waals surface area contributed by atoms with Crippen molar-refractivity contribution in [2.45, 2.75) is 20.8 Å². The van der Waals surface area contributed by atoms with Crippen molar-refractivity contribution in [3.05, 3.63) is 138 Å². The lowest BCUT2D eigenvalue weighted by molar-refractivity contribution is 0.484. The smallest absolute Gasteiger partial charge is 0.191 e. The second kappa shape index (κ2) is 10.1. The second-order valence-corrected chi connectivity index (χ2v) is 10.5. The highest BCUT2D eigenvalue weighted by atomic mass is 16.5. The number of para-hydroxylation sites is 1. The molecule has 4 aromatic carbocycles. The van der Waals surface area contributed by atoms with Crippen LogP contribution >= 0.6 is 0 Å². The molecule has 3 aromatic heterocycles. The van der Waals surface area contributed by atoms with E-state index < -0.39 is 0 Å². The largest absolute Gasteiger partial charge is 0.459 e. The monoisotopic (exact) mass is 545 g/mol. The fraction of sp³-hybridized carbons (Fsp3) is 0.0833. The van der Waals surface area contributed by atoms with Crippen LogP contribution in [0.5, 0.6) is 11.5 Å². The highest BCUT2D eigenvalue weighted by Crippen LogP contribution is 2.37. The van der Waals surface area contributed by atoms with E-state index in [1.165, 1.54) is 16.7 Å². The molecule has 0 saturated carbocycles. The molecule has 3 heterocycles. The van der Waals surface area contributed by atoms with Gasteiger partial charge in [-0.05, 0) is 80.4 Å². The van der Waals surface area contributed by atoms with Crippen molar-refractivity contribution in [2.75, 3.05) is 0 Å². The van der Waals surface area contributed by atoms with E-state index in [1.807, 2.05) is 54.7 Å². The van der Waals surface area contributed by atoms with Crippen LogP contribution in [0.2, 0.25) is 0 Å². The summed E-state index contributed by atoms with van der Waals surface area (Å²) in [6.45, 7) is 14.1. The van der Waals surface area contributed by atoms with E-state index >= 15 is 0 Å². The summed E-state index contributed by atoms with van der Waals surface area (Å²) >= 11 is 0. The molecule has 6 heteroatoms. The lowest BCUT2D eigenvalue weighted by Crippen LogP contribution is -2.02. The van der Waals surface area contributed by atoms with Crippen LogP contribution in [-0.4, -0.2) is 19.1 Å². The number of nitrogens with zero attached hydrogens (tertiary/aromatic N) is 5. The first-order valence-corrected chi connectivity index (χ1v) is 13.8. The van der Waals surface area contributed by atoms with E-state index in [0.29, 0.717) is 17.2 Å². The average molecular weight is 546 g/mol. The molecule has 0 amide bonds. The van der Waals surface area contributed by atoms with Crippen LogP contribution in [0.15, 0.2) is 110 Å². The van der Waals surface area contributed by atoms with Gasteiger partial charge in [0.25, 0.3) is 0 Å². The zero-order valence-corrected chi connectivity index (χ0v) is 23.5. The van der Waals surface area contributed by atoms with Crippen LogP contribution in [-0.2, 0) is 0 Å². The standard InChI is InChI=1S/C36H27N5O/c1-23-17-24(2)35(25(3)18-23)40-16-15-39-36(40)26-19-27(37-4)21-29(20-26)42-28-12-13-31-30-9-5-6-10-32(30)41(33(31)22-28)34-11-7-8-14-38-34/h5-22H,1-3H3. The quantitative estimate of drug-likeness (QED) is 0.203. The van der Waals surface area contributed by atoms with Crippen LogP contribution < -0.4 is 4.74 Å². The number of benzene rings is 4. The van der Waals surface area contributed by atoms with Crippen molar-refractivity contribution in [2.24, 2.45) is 0 Å². The maximum atomic E-state index is 7.78. The summed E-state index contributed by atoms with van der Waals surface area (Å²) in [5, 5.41) is 2.26. The van der Waals surface area contributed by atoms with E-state index in [2.05, 4.69) is 76.1 Å². The highest BCUT2D eigenvalue weighted by molar-refractivity contribution is 6.09. The number of rotatable bonds is 5. The predicted molar refractivity (Wildman–Crippen MR) is 168 cm³/mol. The first-order valence-electron chi connectivity index (χ1n) is 13.8. The summed E-state index contributed by atoms with van der Waals surface area (Å²) in [4.78, 5) is 13.1. The Balaban J connectivity index is 1.33. The number of ether oxygens (including phenoxy) is 1. The van der Waals surface area contributed by atoms with Crippen molar-refractivity contribution >= 4 is 27.5 Å². The summed E-state index contributed by atoms with van der Waals surface area (Å²) in [7, 11) is 0. The Morgan fingerprint density at radius 3 is 2.29 bits per heavy atom. The SMILES string of the molecule is [C-]#[N+]c1cc(Oc2ccc3c4ccccc4n(-c4ccccn4)c3c2)cc(-c2nccn2-c2c(C)cc(C)cc2C)c1. The van der Waals surface area contributed by atoms with Crippen LogP contribution in [0.1, 0.15) is 16.7 Å². The third kappa shape index (κ3) is 4.29. The van der Waals surface area contributed by atoms with E-state index in [0.717, 1.165) is 44.7 Å². The molecule has 0 radical (unpaired) electrons. The Hall–Kier alpha value is -5.67. The van der Waals surface area contributed by atoms with Gasteiger partial charge < -0.3 is 4.74 Å². The molecule has 0 aliphatic carbocycles. The van der Waals surface area contributed by atoms with Gasteiger partial charge in [0.15, 0.2) is 5.69 Å². The molecule has 0 aliphatic heterocycles. The number of hydrogen-bond acceptors (Lipinski definition) is 3. The molecule has 0 aliphatic rings. The fourth-order valence-electron chi connectivity index (χ4n) is 5.97. The number of hydrogen-bond donors (Lipinski definition) is 0. The van der Waals surface area contributed by atoms with Gasteiger partial charge in [-0.2, -0.15) is 0 Å². The van der Waals surface area contributed by atoms with Crippen molar-refractivity contribution in [1.82, 2.24) is 19.1 Å². The van der Waals surface area contributed by atoms with E-state index in [1.54, 1.807) is 18.5 Å². The van der Waals surface area contributed by atoms with E-state index in [9.17, 15) is 0 Å². The summed E-state index contributed by atoms with van der Waals surface area (Å²) < 4.78 is 10.7. The molecule has 0 saturated heterocycles. The van der Waals surface area contributed by atoms with Crippen molar-refractivity contribution in [1.29, 1.82) is 0 Å². The molecule has 6 nitrogen and oxygen atoms in total. The van der Waals surface area contributed by atoms with Crippen LogP contribution in [0.25, 0.3) is 49.5 Å². The van der Waals surface area contributed by atoms with Gasteiger partial charge in [-0.3, -0.25) is 9.13 Å². The molecule has 0 spiro atoms. The Morgan fingerprint density at radius 2 is 1.50 bits per heavy atom. The Morgan fingerprint density at radius 1 is 0.714 bits per heavy atom. The highest BCUT2D eigenvalue weighted by Gasteiger charge is 2.16. The predicted octanol–water partition coefficient (Wildman–Crippen LogP) is 9.30. The molecule has 0 N–H and O–H groups in total. The van der Waals surface area contributed by atoms with Crippen LogP contribution in [0.3, 0.4) is 0 Å². The molecule has 7 rings (SSSR count). The van der Waals surface area contributed by atoms with Crippen LogP contribution in [0, 0.1) is 27.3 Å². The Labute approximate surface area is 243 Å². The topological polar surface area (TPSA) is 49.2 Å². The molecular formula is C36H27N5O. The minimum Gasteiger partial charge on any atom is -0.459 e. The maximum absolute atomic E-state index is 7.78. The summed E-state index contributed by atoms with van der Waals surface area (Å²) in [6.07, 6.45) is 5.57. The van der Waals surface area contributed by atoms with Gasteiger partial charge in [0, 0.05) is 41.0 Å². The van der Waals surface area contributed by atoms with Crippen molar-refractivity contribution in [3.8, 4) is 34.4 Å². The minimum absolute atomic E-state index is 0.484. The summed E-state index contributed by atoms with van der Waals surface area (Å²) in [6, 6.07) is 30.3. The fourth-order valence-corrected chi connectivity index (χ4v) is 5.97. The van der Waals surface area contributed by atoms with Crippen LogP contribution in [0.4, 0.5) is 5.69 Å². The Kier molecular flexibility index (Phi) is 6.06. The third-order valence-electron chi connectivity index (χ3n) is 7.55. The Bertz CT molecular complexity index is 2140. The molecule has 0 atom stereocenters. The van der Waals surface area contributed by atoms with Crippen molar-refractivity contribution < 1.29 is 4.74 Å². The second-order valence-electron chi connectivity index (χ2n) is 10.5. The third-order valence-corrected chi connectivity index (χ3v) is 7.55. The van der Waals surface area contributed by atoms with Crippen molar-refractivity contribution in [3.63, 3.8) is 0 Å². The molecule has 202 valence electrons. The maximum Gasteiger partial charge on any atom is 0.191 e. The van der Waals surface area contributed by atoms with E-state index in [-0.39, 0.29) is 0 Å². The van der Waals surface area contributed by atoms with Gasteiger partial charge >= 0.3 is 0 Å². The molecule has 7 aromatic rings. The van der Waals surface area contributed by atoms with Gasteiger partial charge in [0.05, 0.1) is 23.3 Å². The molecule has 0 unspecified atom stereocenters. The zero-order valence-electron chi connectivity index (χ0n) is 23.5. The van der Waals surface area contributed by atoms with Gasteiger partial charge in [0.2, 0.25) is 0 Å². The number of pyridine rings is 1. The average Bonchev–Trinajstić information content (AvgIpc) is 3.60. The zero-order chi connectivity index (χ0) is 28.8. The van der Waals surface area contributed by atoms with Gasteiger partial charge in [0.1, 0.15) is 23.1 Å². The lowest BCUT2D eigenvalue weighted by atomic mass is 10.0. The summed E-state index contributed by atoms with van der Waals surface area (Å²) in [5.41, 5.74) is 8.02. The first-order chi connectivity index (χ1) is 20.5. The summed E-state index contributed by atoms with van der Waals surface area (Å²) in [5.74, 6) is 2.84. The van der Waals surface area contributed by atoms with Gasteiger partial charge in [-0.25, -0.2) is 14.8 Å². The first kappa shape index (κ1) is 25.3. The van der Waals surface area contributed by atoms with E-state index in [4.69, 9.17) is 16.3 Å². The molecule has 0 bridgehead atoms. The number of fused-ring (bicyclic) bond motifs is 3. The number of aryl methyl sites for hydroxylation is 3. The minimum atomic E-state index is 0.484. The number of aromatic nitrogens is 4. The lowest BCUT2D eigenvalue weighted by Gasteiger charge is -2.16. The number of imidazole rings is 1. The normalized spacial score (nSPS) is 11.2. The van der Waals surface area contributed by atoms with Gasteiger partial charge in [-0.1, -0.05) is 42.0 Å². The molecule has 0 fully saturated rings. The molecular weight excluding hydrogens is 518 g/mol. The molecule has 42 heavy (non-hydrogen) atoms.